The molecule has 6 heteroatoms. The zero-order valence-electron chi connectivity index (χ0n) is 16.7. The van der Waals surface area contributed by atoms with Crippen molar-refractivity contribution >= 4 is 16.7 Å². The van der Waals surface area contributed by atoms with E-state index >= 15 is 0 Å². The minimum Gasteiger partial charge on any atom is -0.486 e. The SMILES string of the molecule is O=c1cc(-c2ccccc2)c2ccc3c(c2o1)CN(c1ccc2c(c1)OCCO2)CO3. The summed E-state index contributed by atoms with van der Waals surface area (Å²) in [6, 6.07) is 21.2. The molecule has 0 spiro atoms. The molecule has 1 aromatic heterocycles. The minimum absolute atomic E-state index is 0.379. The molecule has 6 rings (SSSR count). The van der Waals surface area contributed by atoms with Gasteiger partial charge in [0.15, 0.2) is 18.2 Å². The van der Waals surface area contributed by atoms with E-state index in [0.717, 1.165) is 45.0 Å². The van der Waals surface area contributed by atoms with E-state index < -0.39 is 0 Å². The number of benzene rings is 3. The van der Waals surface area contributed by atoms with E-state index in [-0.39, 0.29) is 5.63 Å². The Morgan fingerprint density at radius 1 is 0.774 bits per heavy atom. The Morgan fingerprint density at radius 2 is 1.58 bits per heavy atom. The molecule has 0 saturated heterocycles. The number of nitrogens with zero attached hydrogens (tertiary/aromatic N) is 1. The molecule has 154 valence electrons. The third-order valence-electron chi connectivity index (χ3n) is 5.67. The fraction of sp³-hybridized carbons (Fsp3) is 0.160. The van der Waals surface area contributed by atoms with Crippen LogP contribution in [0.2, 0.25) is 0 Å². The fourth-order valence-electron chi connectivity index (χ4n) is 4.18. The van der Waals surface area contributed by atoms with E-state index in [0.29, 0.717) is 32.1 Å². The lowest BCUT2D eigenvalue weighted by atomic mass is 9.99. The molecule has 0 aliphatic carbocycles. The highest BCUT2D eigenvalue weighted by Gasteiger charge is 2.24. The predicted octanol–water partition coefficient (Wildman–Crippen LogP) is 4.59. The molecular formula is C25H19NO5. The van der Waals surface area contributed by atoms with Gasteiger partial charge in [-0.15, -0.1) is 0 Å². The maximum absolute atomic E-state index is 12.4. The van der Waals surface area contributed by atoms with Gasteiger partial charge in [0.25, 0.3) is 0 Å². The lowest BCUT2D eigenvalue weighted by Gasteiger charge is -2.32. The van der Waals surface area contributed by atoms with Gasteiger partial charge in [0.1, 0.15) is 24.5 Å². The molecule has 2 aliphatic heterocycles. The highest BCUT2D eigenvalue weighted by molar-refractivity contribution is 5.96. The zero-order valence-corrected chi connectivity index (χ0v) is 16.7. The van der Waals surface area contributed by atoms with Gasteiger partial charge in [0.05, 0.1) is 12.1 Å². The molecule has 0 N–H and O–H groups in total. The molecular weight excluding hydrogens is 394 g/mol. The first kappa shape index (κ1) is 17.9. The Kier molecular flexibility index (Phi) is 4.09. The molecule has 0 saturated carbocycles. The van der Waals surface area contributed by atoms with Crippen LogP contribution < -0.4 is 24.7 Å². The van der Waals surface area contributed by atoms with Crippen molar-refractivity contribution in [3.05, 3.63) is 82.7 Å². The first-order valence-corrected chi connectivity index (χ1v) is 10.2. The zero-order chi connectivity index (χ0) is 20.8. The first-order valence-electron chi connectivity index (χ1n) is 10.2. The number of hydrogen-bond donors (Lipinski definition) is 0. The molecule has 2 aliphatic rings. The minimum atomic E-state index is -0.379. The molecule has 0 amide bonds. The van der Waals surface area contributed by atoms with Crippen molar-refractivity contribution in [3.8, 4) is 28.4 Å². The number of rotatable bonds is 2. The van der Waals surface area contributed by atoms with Gasteiger partial charge in [-0.05, 0) is 35.4 Å². The Labute approximate surface area is 178 Å². The Bertz CT molecular complexity index is 1350. The van der Waals surface area contributed by atoms with Crippen molar-refractivity contribution in [2.24, 2.45) is 0 Å². The van der Waals surface area contributed by atoms with Gasteiger partial charge in [-0.25, -0.2) is 4.79 Å². The van der Waals surface area contributed by atoms with E-state index in [1.54, 1.807) is 6.07 Å². The van der Waals surface area contributed by atoms with Crippen LogP contribution in [0.5, 0.6) is 17.2 Å². The van der Waals surface area contributed by atoms with Crippen molar-refractivity contribution in [1.29, 1.82) is 0 Å². The predicted molar refractivity (Wildman–Crippen MR) is 117 cm³/mol. The van der Waals surface area contributed by atoms with Crippen LogP contribution in [0.3, 0.4) is 0 Å². The molecule has 0 radical (unpaired) electrons. The summed E-state index contributed by atoms with van der Waals surface area (Å²) in [6.07, 6.45) is 0. The maximum atomic E-state index is 12.4. The number of fused-ring (bicyclic) bond motifs is 4. The lowest BCUT2D eigenvalue weighted by Crippen LogP contribution is -2.32. The second-order valence-corrected chi connectivity index (χ2v) is 7.56. The summed E-state index contributed by atoms with van der Waals surface area (Å²) in [7, 11) is 0. The number of anilines is 1. The Hall–Kier alpha value is -3.93. The second-order valence-electron chi connectivity index (χ2n) is 7.56. The first-order chi connectivity index (χ1) is 15.3. The van der Waals surface area contributed by atoms with Crippen molar-refractivity contribution in [3.63, 3.8) is 0 Å². The van der Waals surface area contributed by atoms with Gasteiger partial charge in [-0.3, -0.25) is 0 Å². The summed E-state index contributed by atoms with van der Waals surface area (Å²) in [5.74, 6) is 2.21. The molecule has 3 aromatic carbocycles. The van der Waals surface area contributed by atoms with Gasteiger partial charge in [-0.2, -0.15) is 0 Å². The summed E-state index contributed by atoms with van der Waals surface area (Å²) >= 11 is 0. The van der Waals surface area contributed by atoms with Crippen molar-refractivity contribution in [2.75, 3.05) is 24.8 Å². The van der Waals surface area contributed by atoms with Gasteiger partial charge >= 0.3 is 5.63 Å². The maximum Gasteiger partial charge on any atom is 0.336 e. The van der Waals surface area contributed by atoms with E-state index in [2.05, 4.69) is 4.90 Å². The third kappa shape index (κ3) is 3.08. The monoisotopic (exact) mass is 413 g/mol. The van der Waals surface area contributed by atoms with Crippen LogP contribution in [0.15, 0.2) is 75.9 Å². The van der Waals surface area contributed by atoms with Gasteiger partial charge < -0.3 is 23.5 Å². The van der Waals surface area contributed by atoms with Crippen LogP contribution >= 0.6 is 0 Å². The van der Waals surface area contributed by atoms with Crippen LogP contribution in [0.1, 0.15) is 5.56 Å². The largest absolute Gasteiger partial charge is 0.486 e. The summed E-state index contributed by atoms with van der Waals surface area (Å²) in [5.41, 5.74) is 3.82. The summed E-state index contributed by atoms with van der Waals surface area (Å²) in [5, 5.41) is 0.886. The highest BCUT2D eigenvalue weighted by atomic mass is 16.6. The van der Waals surface area contributed by atoms with Crippen LogP contribution in [0.25, 0.3) is 22.1 Å². The van der Waals surface area contributed by atoms with Crippen LogP contribution in [0.4, 0.5) is 5.69 Å². The van der Waals surface area contributed by atoms with Crippen LogP contribution in [-0.4, -0.2) is 19.9 Å². The van der Waals surface area contributed by atoms with Crippen molar-refractivity contribution in [1.82, 2.24) is 0 Å². The summed E-state index contributed by atoms with van der Waals surface area (Å²) in [6.45, 7) is 2.03. The average molecular weight is 413 g/mol. The van der Waals surface area contributed by atoms with Gasteiger partial charge in [-0.1, -0.05) is 30.3 Å². The van der Waals surface area contributed by atoms with Crippen molar-refractivity contribution in [2.45, 2.75) is 6.54 Å². The lowest BCUT2D eigenvalue weighted by molar-refractivity contribution is 0.171. The molecule has 31 heavy (non-hydrogen) atoms. The van der Waals surface area contributed by atoms with Crippen LogP contribution in [-0.2, 0) is 6.54 Å². The average Bonchev–Trinajstić information content (AvgIpc) is 2.83. The highest BCUT2D eigenvalue weighted by Crippen LogP contribution is 2.39. The fourth-order valence-corrected chi connectivity index (χ4v) is 4.18. The molecule has 0 fully saturated rings. The van der Waals surface area contributed by atoms with E-state index in [9.17, 15) is 4.79 Å². The normalized spacial score (nSPS) is 14.8. The smallest absolute Gasteiger partial charge is 0.336 e. The molecule has 3 heterocycles. The molecule has 0 bridgehead atoms. The van der Waals surface area contributed by atoms with Crippen LogP contribution in [0, 0.1) is 0 Å². The quantitative estimate of drug-likeness (QED) is 0.448. The molecule has 0 unspecified atom stereocenters. The molecule has 4 aromatic rings. The summed E-state index contributed by atoms with van der Waals surface area (Å²) in [4.78, 5) is 14.5. The van der Waals surface area contributed by atoms with E-state index in [1.807, 2.05) is 60.7 Å². The van der Waals surface area contributed by atoms with Crippen molar-refractivity contribution < 1.29 is 18.6 Å². The summed E-state index contributed by atoms with van der Waals surface area (Å²) < 4.78 is 23.1. The number of ether oxygens (including phenoxy) is 3. The van der Waals surface area contributed by atoms with Gasteiger partial charge in [0.2, 0.25) is 0 Å². The second kappa shape index (κ2) is 7.09. The van der Waals surface area contributed by atoms with E-state index in [1.165, 1.54) is 0 Å². The standard InChI is InChI=1S/C25H19NO5/c27-24-13-19(16-4-2-1-3-5-16)18-7-9-21-20(25(18)31-24)14-26(15-30-21)17-6-8-22-23(12-17)29-11-10-28-22/h1-9,12-13H,10-11,14-15H2. The van der Waals surface area contributed by atoms with E-state index in [4.69, 9.17) is 18.6 Å². The molecule has 0 atom stereocenters. The Morgan fingerprint density at radius 3 is 2.45 bits per heavy atom. The Balaban J connectivity index is 1.45. The number of hydrogen-bond acceptors (Lipinski definition) is 6. The molecule has 6 nitrogen and oxygen atoms in total. The topological polar surface area (TPSA) is 61.1 Å². The van der Waals surface area contributed by atoms with Gasteiger partial charge in [0, 0.05) is 23.2 Å². The third-order valence-corrected chi connectivity index (χ3v) is 5.67.